The summed E-state index contributed by atoms with van der Waals surface area (Å²) in [6.45, 7) is 3.86. The zero-order valence-corrected chi connectivity index (χ0v) is 23.9. The number of carbonyl (C=O) groups excluding carboxylic acids is 2. The fraction of sp³-hybridized carbons (Fsp3) is 0.231. The van der Waals surface area contributed by atoms with Crippen LogP contribution >= 0.6 is 47.1 Å². The van der Waals surface area contributed by atoms with Gasteiger partial charge in [-0.25, -0.2) is 9.69 Å². The van der Waals surface area contributed by atoms with E-state index in [4.69, 9.17) is 27.0 Å². The molecule has 3 aromatic rings. The van der Waals surface area contributed by atoms with Gasteiger partial charge in [0.15, 0.2) is 5.92 Å². The van der Waals surface area contributed by atoms with Gasteiger partial charge in [-0.2, -0.15) is 15.5 Å². The molecule has 3 rings (SSSR count). The molecule has 0 aliphatic rings. The molecule has 0 radical (unpaired) electrons. The van der Waals surface area contributed by atoms with E-state index in [0.717, 1.165) is 27.7 Å². The zero-order chi connectivity index (χ0) is 27.7. The van der Waals surface area contributed by atoms with Gasteiger partial charge in [-0.3, -0.25) is 4.79 Å². The van der Waals surface area contributed by atoms with Crippen molar-refractivity contribution in [3.63, 3.8) is 0 Å². The minimum atomic E-state index is -1.37. The Hall–Kier alpha value is -3.42. The molecule has 2 aromatic carbocycles. The van der Waals surface area contributed by atoms with Crippen LogP contribution < -0.4 is 9.64 Å². The van der Waals surface area contributed by atoms with Crippen molar-refractivity contribution in [3.8, 4) is 23.1 Å². The second-order valence-corrected chi connectivity index (χ2v) is 11.5. The lowest BCUT2D eigenvalue weighted by Gasteiger charge is -2.24. The number of anilines is 1. The van der Waals surface area contributed by atoms with Gasteiger partial charge in [-0.05, 0) is 61.2 Å². The Bertz CT molecular complexity index is 1380. The van der Waals surface area contributed by atoms with Crippen LogP contribution in [-0.4, -0.2) is 40.0 Å². The van der Waals surface area contributed by atoms with Gasteiger partial charge in [0.2, 0.25) is 0 Å². The number of rotatable bonds is 10. The maximum Gasteiger partial charge on any atom is 0.420 e. The number of thioether (sulfide) groups is 2. The molecular weight excluding hydrogens is 561 g/mol. The van der Waals surface area contributed by atoms with Crippen molar-refractivity contribution in [2.75, 3.05) is 17.8 Å². The predicted octanol–water partition coefficient (Wildman–Crippen LogP) is 6.71. The smallest absolute Gasteiger partial charge is 0.420 e. The van der Waals surface area contributed by atoms with Crippen molar-refractivity contribution >= 4 is 69.6 Å². The number of imide groups is 1. The van der Waals surface area contributed by atoms with Crippen LogP contribution in [0.15, 0.2) is 63.8 Å². The second kappa shape index (κ2) is 13.9. The van der Waals surface area contributed by atoms with Crippen LogP contribution in [-0.2, 0) is 9.53 Å². The number of thiazole rings is 1. The molecule has 1 aromatic heterocycles. The third kappa shape index (κ3) is 7.33. The molecule has 8 nitrogen and oxygen atoms in total. The van der Waals surface area contributed by atoms with Crippen LogP contribution in [0.25, 0.3) is 0 Å². The summed E-state index contributed by atoms with van der Waals surface area (Å²) in [4.78, 5) is 32.0. The zero-order valence-electron chi connectivity index (χ0n) is 20.6. The lowest BCUT2D eigenvalue weighted by atomic mass is 10.0. The number of benzene rings is 2. The summed E-state index contributed by atoms with van der Waals surface area (Å²) in [5.74, 6) is -0.628. The van der Waals surface area contributed by atoms with Gasteiger partial charge in [-0.1, -0.05) is 30.5 Å². The highest BCUT2D eigenvalue weighted by atomic mass is 32.2. The molecule has 0 spiro atoms. The van der Waals surface area contributed by atoms with Crippen LogP contribution in [0.3, 0.4) is 0 Å². The van der Waals surface area contributed by atoms with E-state index in [9.17, 15) is 14.9 Å². The highest BCUT2D eigenvalue weighted by molar-refractivity contribution is 8.01. The lowest BCUT2D eigenvalue weighted by Crippen LogP contribution is -2.44. The molecule has 0 fully saturated rings. The number of aromatic nitrogens is 1. The number of nitrogens with zero attached hydrogens (tertiary/aromatic N) is 4. The van der Waals surface area contributed by atoms with Gasteiger partial charge in [0, 0.05) is 20.4 Å². The fourth-order valence-electron chi connectivity index (χ4n) is 3.16. The first-order chi connectivity index (χ1) is 18.3. The van der Waals surface area contributed by atoms with Crippen LogP contribution in [0, 0.1) is 28.6 Å². The number of carbonyl (C=O) groups is 2. The summed E-state index contributed by atoms with van der Waals surface area (Å²) in [6, 6.07) is 17.0. The first-order valence-corrected chi connectivity index (χ1v) is 14.3. The molecule has 38 heavy (non-hydrogen) atoms. The van der Waals surface area contributed by atoms with Crippen molar-refractivity contribution in [2.24, 2.45) is 5.92 Å². The summed E-state index contributed by atoms with van der Waals surface area (Å²) >= 11 is 9.97. The second-order valence-electron chi connectivity index (χ2n) is 7.49. The highest BCUT2D eigenvalue weighted by Crippen LogP contribution is 2.32. The molecule has 0 bridgehead atoms. The number of ether oxygens (including phenoxy) is 2. The van der Waals surface area contributed by atoms with Crippen molar-refractivity contribution in [1.82, 2.24) is 4.98 Å². The van der Waals surface area contributed by atoms with Crippen molar-refractivity contribution in [2.45, 2.75) is 29.0 Å². The van der Waals surface area contributed by atoms with Gasteiger partial charge < -0.3 is 9.47 Å². The predicted molar refractivity (Wildman–Crippen MR) is 153 cm³/mol. The Kier molecular flexibility index (Phi) is 10.7. The summed E-state index contributed by atoms with van der Waals surface area (Å²) in [5.41, 5.74) is 0.521. The van der Waals surface area contributed by atoms with Gasteiger partial charge in [0.05, 0.1) is 30.5 Å². The van der Waals surface area contributed by atoms with Gasteiger partial charge in [0.25, 0.3) is 11.1 Å². The number of methoxy groups -OCH3 is 1. The summed E-state index contributed by atoms with van der Waals surface area (Å²) in [7, 11) is 1.13. The first kappa shape index (κ1) is 29.1. The van der Waals surface area contributed by atoms with Gasteiger partial charge >= 0.3 is 6.09 Å². The van der Waals surface area contributed by atoms with E-state index in [1.165, 1.54) is 47.4 Å². The van der Waals surface area contributed by atoms with Crippen molar-refractivity contribution in [3.05, 3.63) is 59.5 Å². The molecule has 0 saturated carbocycles. The van der Waals surface area contributed by atoms with E-state index in [2.05, 4.69) is 11.9 Å². The number of hydrogen-bond donors (Lipinski definition) is 0. The summed E-state index contributed by atoms with van der Waals surface area (Å²) in [6.07, 6.45) is -0.959. The van der Waals surface area contributed by atoms with E-state index in [0.29, 0.717) is 16.5 Å². The quantitative estimate of drug-likeness (QED) is 0.189. The number of nitriles is 2. The van der Waals surface area contributed by atoms with Crippen molar-refractivity contribution in [1.29, 1.82) is 10.5 Å². The van der Waals surface area contributed by atoms with E-state index < -0.39 is 23.2 Å². The van der Waals surface area contributed by atoms with Crippen molar-refractivity contribution < 1.29 is 19.1 Å². The Morgan fingerprint density at radius 1 is 1.16 bits per heavy atom. The first-order valence-electron chi connectivity index (χ1n) is 11.2. The molecule has 0 aliphatic heterocycles. The Morgan fingerprint density at radius 2 is 1.84 bits per heavy atom. The average molecular weight is 583 g/mol. The summed E-state index contributed by atoms with van der Waals surface area (Å²) in [5, 5.41) is 21.9. The average Bonchev–Trinajstić information content (AvgIpc) is 3.37. The molecule has 1 heterocycles. The molecule has 2 amide bonds. The van der Waals surface area contributed by atoms with Crippen LogP contribution in [0.5, 0.6) is 10.9 Å². The van der Waals surface area contributed by atoms with Crippen LogP contribution in [0.4, 0.5) is 10.5 Å². The molecule has 0 saturated heterocycles. The molecule has 12 heteroatoms. The maximum absolute atomic E-state index is 13.3. The molecule has 2 atom stereocenters. The minimum Gasteiger partial charge on any atom is -0.452 e. The van der Waals surface area contributed by atoms with Crippen LogP contribution in [0.2, 0.25) is 0 Å². The third-order valence-corrected chi connectivity index (χ3v) is 8.54. The van der Waals surface area contributed by atoms with Crippen LogP contribution in [0.1, 0.15) is 19.4 Å². The molecule has 2 unspecified atom stereocenters. The Morgan fingerprint density at radius 3 is 2.42 bits per heavy atom. The Balaban J connectivity index is 1.70. The van der Waals surface area contributed by atoms with E-state index in [-0.39, 0.29) is 10.6 Å². The maximum atomic E-state index is 13.3. The van der Waals surface area contributed by atoms with E-state index in [1.54, 1.807) is 18.7 Å². The van der Waals surface area contributed by atoms with Gasteiger partial charge in [-0.15, -0.1) is 23.5 Å². The summed E-state index contributed by atoms with van der Waals surface area (Å²) < 4.78 is 10.6. The largest absolute Gasteiger partial charge is 0.452 e. The SMILES string of the molecule is CCSc1csc(Oc2ccc(SC(C)C(=S)C(C#N)C(=O)N(C(=O)OC)c3ccc(C#N)cc3)cc2)n1. The van der Waals surface area contributed by atoms with E-state index >= 15 is 0 Å². The Labute approximate surface area is 238 Å². The number of thiocarbonyl (C=S) groups is 1. The topological polar surface area (TPSA) is 116 Å². The molecular formula is C26H22N4O4S4. The highest BCUT2D eigenvalue weighted by Gasteiger charge is 2.35. The molecule has 194 valence electrons. The number of hydrogen-bond acceptors (Lipinski definition) is 11. The minimum absolute atomic E-state index is 0.167. The monoisotopic (exact) mass is 582 g/mol. The lowest BCUT2D eigenvalue weighted by molar-refractivity contribution is -0.118. The fourth-order valence-corrected chi connectivity index (χ4v) is 5.88. The molecule has 0 aliphatic carbocycles. The third-order valence-electron chi connectivity index (χ3n) is 4.99. The number of amides is 2. The normalized spacial score (nSPS) is 11.9. The molecule has 0 N–H and O–H groups in total. The van der Waals surface area contributed by atoms with E-state index in [1.807, 2.05) is 41.8 Å². The standard InChI is InChI=1S/C26H22N4O4S4/c1-4-36-22-15-37-25(29-22)34-19-9-11-20(12-10-19)38-16(2)23(35)21(14-28)24(31)30(26(32)33-3)18-7-5-17(13-27)6-8-18/h5-12,15-16,21H,4H2,1-3H3. The van der Waals surface area contributed by atoms with Gasteiger partial charge in [0.1, 0.15) is 10.8 Å².